The third kappa shape index (κ3) is 3.53. The Labute approximate surface area is 145 Å². The summed E-state index contributed by atoms with van der Waals surface area (Å²) in [4.78, 5) is 28.6. The summed E-state index contributed by atoms with van der Waals surface area (Å²) in [6.07, 6.45) is 1.63. The first-order valence-corrected chi connectivity index (χ1v) is 9.34. The van der Waals surface area contributed by atoms with Gasteiger partial charge in [0.1, 0.15) is 0 Å². The lowest BCUT2D eigenvalue weighted by Crippen LogP contribution is -2.30. The molecule has 0 spiro atoms. The topological polar surface area (TPSA) is 96.4 Å². The SMILES string of the molecule is CC1CS(=O)(=O)N(c2cccc(C(=O)NCc3ccccn3)c2)C1=O. The van der Waals surface area contributed by atoms with Gasteiger partial charge in [0.2, 0.25) is 15.9 Å². The van der Waals surface area contributed by atoms with Gasteiger partial charge in [-0.1, -0.05) is 19.1 Å². The van der Waals surface area contributed by atoms with Crippen LogP contribution in [0.5, 0.6) is 0 Å². The van der Waals surface area contributed by atoms with Crippen LogP contribution in [0.2, 0.25) is 0 Å². The van der Waals surface area contributed by atoms with Crippen LogP contribution in [0.1, 0.15) is 23.0 Å². The molecule has 1 aromatic heterocycles. The highest BCUT2D eigenvalue weighted by atomic mass is 32.2. The minimum Gasteiger partial charge on any atom is -0.346 e. The third-order valence-electron chi connectivity index (χ3n) is 3.86. The second-order valence-corrected chi connectivity index (χ2v) is 7.70. The van der Waals surface area contributed by atoms with E-state index in [1.54, 1.807) is 37.4 Å². The lowest BCUT2D eigenvalue weighted by atomic mass is 10.1. The number of nitrogens with one attached hydrogen (secondary N) is 1. The van der Waals surface area contributed by atoms with Crippen molar-refractivity contribution in [3.63, 3.8) is 0 Å². The zero-order valence-electron chi connectivity index (χ0n) is 13.5. The van der Waals surface area contributed by atoms with Crippen molar-refractivity contribution in [2.45, 2.75) is 13.5 Å². The second-order valence-electron chi connectivity index (χ2n) is 5.84. The van der Waals surface area contributed by atoms with Crippen LogP contribution < -0.4 is 9.62 Å². The van der Waals surface area contributed by atoms with Crippen molar-refractivity contribution >= 4 is 27.5 Å². The molecule has 2 heterocycles. The molecule has 1 unspecified atom stereocenters. The number of rotatable bonds is 4. The van der Waals surface area contributed by atoms with Crippen molar-refractivity contribution in [3.8, 4) is 0 Å². The van der Waals surface area contributed by atoms with Crippen molar-refractivity contribution in [1.29, 1.82) is 0 Å². The van der Waals surface area contributed by atoms with Gasteiger partial charge in [-0.15, -0.1) is 0 Å². The van der Waals surface area contributed by atoms with E-state index in [9.17, 15) is 18.0 Å². The predicted molar refractivity (Wildman–Crippen MR) is 92.3 cm³/mol. The van der Waals surface area contributed by atoms with Crippen LogP contribution >= 0.6 is 0 Å². The van der Waals surface area contributed by atoms with E-state index in [2.05, 4.69) is 10.3 Å². The quantitative estimate of drug-likeness (QED) is 0.888. The van der Waals surface area contributed by atoms with Crippen LogP contribution in [-0.2, 0) is 21.4 Å². The largest absolute Gasteiger partial charge is 0.346 e. The van der Waals surface area contributed by atoms with Gasteiger partial charge < -0.3 is 5.32 Å². The Morgan fingerprint density at radius 2 is 2.08 bits per heavy atom. The van der Waals surface area contributed by atoms with Crippen molar-refractivity contribution < 1.29 is 18.0 Å². The molecule has 2 amide bonds. The van der Waals surface area contributed by atoms with E-state index in [1.165, 1.54) is 12.1 Å². The number of carbonyl (C=O) groups is 2. The molecule has 1 aromatic carbocycles. The van der Waals surface area contributed by atoms with E-state index in [0.717, 1.165) is 4.31 Å². The fourth-order valence-electron chi connectivity index (χ4n) is 2.64. The molecule has 1 saturated heterocycles. The maximum Gasteiger partial charge on any atom is 0.251 e. The normalized spacial score (nSPS) is 19.0. The van der Waals surface area contributed by atoms with Gasteiger partial charge in [-0.05, 0) is 30.3 Å². The Morgan fingerprint density at radius 1 is 1.28 bits per heavy atom. The summed E-state index contributed by atoms with van der Waals surface area (Å²) < 4.78 is 25.1. The van der Waals surface area contributed by atoms with E-state index in [0.29, 0.717) is 5.69 Å². The molecule has 1 N–H and O–H groups in total. The summed E-state index contributed by atoms with van der Waals surface area (Å²) in [7, 11) is -3.69. The Hall–Kier alpha value is -2.74. The maximum atomic E-state index is 12.3. The highest BCUT2D eigenvalue weighted by molar-refractivity contribution is 7.94. The number of nitrogens with zero attached hydrogens (tertiary/aromatic N) is 2. The summed E-state index contributed by atoms with van der Waals surface area (Å²) in [5.74, 6) is -1.66. The third-order valence-corrected chi connectivity index (χ3v) is 5.73. The first-order chi connectivity index (χ1) is 11.9. The summed E-state index contributed by atoms with van der Waals surface area (Å²) in [6.45, 7) is 1.82. The zero-order valence-corrected chi connectivity index (χ0v) is 14.4. The molecular formula is C17H17N3O4S. The number of aromatic nitrogens is 1. The van der Waals surface area contributed by atoms with Crippen molar-refractivity contribution in [3.05, 3.63) is 59.9 Å². The molecule has 0 aliphatic carbocycles. The molecule has 25 heavy (non-hydrogen) atoms. The van der Waals surface area contributed by atoms with Gasteiger partial charge in [0.15, 0.2) is 0 Å². The second kappa shape index (κ2) is 6.64. The number of anilines is 1. The van der Waals surface area contributed by atoms with Crippen molar-refractivity contribution in [2.24, 2.45) is 5.92 Å². The number of hydrogen-bond acceptors (Lipinski definition) is 5. The molecule has 7 nitrogen and oxygen atoms in total. The molecule has 2 aromatic rings. The molecule has 3 rings (SSSR count). The van der Waals surface area contributed by atoms with Crippen molar-refractivity contribution in [2.75, 3.05) is 10.1 Å². The number of amides is 2. The molecule has 1 aliphatic heterocycles. The molecular weight excluding hydrogens is 342 g/mol. The van der Waals surface area contributed by atoms with Crippen LogP contribution in [0.4, 0.5) is 5.69 Å². The van der Waals surface area contributed by atoms with Gasteiger partial charge >= 0.3 is 0 Å². The smallest absolute Gasteiger partial charge is 0.251 e. The van der Waals surface area contributed by atoms with Crippen LogP contribution in [0.15, 0.2) is 48.7 Å². The van der Waals surface area contributed by atoms with E-state index >= 15 is 0 Å². The minimum absolute atomic E-state index is 0.180. The average molecular weight is 359 g/mol. The minimum atomic E-state index is -3.69. The highest BCUT2D eigenvalue weighted by Crippen LogP contribution is 2.28. The fraction of sp³-hybridized carbons (Fsp3) is 0.235. The Morgan fingerprint density at radius 3 is 2.72 bits per heavy atom. The van der Waals surface area contributed by atoms with E-state index < -0.39 is 21.8 Å². The van der Waals surface area contributed by atoms with Crippen LogP contribution in [0.25, 0.3) is 0 Å². The Kier molecular flexibility index (Phi) is 4.54. The van der Waals surface area contributed by atoms with Gasteiger partial charge in [0.25, 0.3) is 5.91 Å². The average Bonchev–Trinajstić information content (AvgIpc) is 2.81. The van der Waals surface area contributed by atoms with Gasteiger partial charge in [-0.3, -0.25) is 14.6 Å². The predicted octanol–water partition coefficient (Wildman–Crippen LogP) is 1.32. The summed E-state index contributed by atoms with van der Waals surface area (Å²) in [6, 6.07) is 11.4. The monoisotopic (exact) mass is 359 g/mol. The Balaban J connectivity index is 1.80. The van der Waals surface area contributed by atoms with E-state index in [1.807, 2.05) is 6.07 Å². The molecule has 1 atom stereocenters. The van der Waals surface area contributed by atoms with Gasteiger partial charge in [-0.2, -0.15) is 0 Å². The summed E-state index contributed by atoms with van der Waals surface area (Å²) in [5, 5.41) is 2.72. The lowest BCUT2D eigenvalue weighted by Gasteiger charge is -2.16. The van der Waals surface area contributed by atoms with Crippen molar-refractivity contribution in [1.82, 2.24) is 10.3 Å². The fourth-order valence-corrected chi connectivity index (χ4v) is 4.45. The molecule has 8 heteroatoms. The first kappa shape index (κ1) is 17.1. The van der Waals surface area contributed by atoms with Crippen LogP contribution in [-0.4, -0.2) is 31.0 Å². The number of pyridine rings is 1. The molecule has 1 fully saturated rings. The van der Waals surface area contributed by atoms with Gasteiger partial charge in [-0.25, -0.2) is 12.7 Å². The van der Waals surface area contributed by atoms with E-state index in [4.69, 9.17) is 0 Å². The van der Waals surface area contributed by atoms with Crippen LogP contribution in [0.3, 0.4) is 0 Å². The number of hydrogen-bond donors (Lipinski definition) is 1. The number of sulfonamides is 1. The molecule has 0 radical (unpaired) electrons. The molecule has 0 bridgehead atoms. The molecule has 0 saturated carbocycles. The van der Waals surface area contributed by atoms with E-state index in [-0.39, 0.29) is 29.5 Å². The first-order valence-electron chi connectivity index (χ1n) is 7.73. The lowest BCUT2D eigenvalue weighted by molar-refractivity contribution is -0.119. The standard InChI is InChI=1S/C17H17N3O4S/c1-12-11-25(23,24)20(17(12)22)15-7-4-5-13(9-15)16(21)19-10-14-6-2-3-8-18-14/h2-9,12H,10-11H2,1H3,(H,19,21). The highest BCUT2D eigenvalue weighted by Gasteiger charge is 2.42. The maximum absolute atomic E-state index is 12.3. The number of carbonyl (C=O) groups excluding carboxylic acids is 2. The Bertz CT molecular complexity index is 913. The molecule has 130 valence electrons. The summed E-state index contributed by atoms with van der Waals surface area (Å²) in [5.41, 5.74) is 1.16. The van der Waals surface area contributed by atoms with Crippen LogP contribution in [0, 0.1) is 5.92 Å². The van der Waals surface area contributed by atoms with Gasteiger partial charge in [0.05, 0.1) is 29.6 Å². The number of benzene rings is 1. The van der Waals surface area contributed by atoms with Gasteiger partial charge in [0, 0.05) is 11.8 Å². The summed E-state index contributed by atoms with van der Waals surface area (Å²) >= 11 is 0. The molecule has 1 aliphatic rings. The zero-order chi connectivity index (χ0) is 18.0.